The molecule has 28 heavy (non-hydrogen) atoms. The van der Waals surface area contributed by atoms with E-state index in [0.717, 1.165) is 10.0 Å². The molecule has 5 nitrogen and oxygen atoms in total. The summed E-state index contributed by atoms with van der Waals surface area (Å²) in [6.45, 7) is 1.91. The van der Waals surface area contributed by atoms with Crippen LogP contribution in [0.4, 0.5) is 5.69 Å². The summed E-state index contributed by atoms with van der Waals surface area (Å²) in [6.07, 6.45) is 2.05. The summed E-state index contributed by atoms with van der Waals surface area (Å²) in [5, 5.41) is 20.2. The first-order valence-corrected chi connectivity index (χ1v) is 9.50. The van der Waals surface area contributed by atoms with Gasteiger partial charge in [-0.1, -0.05) is 46.3 Å². The number of aryl methyl sites for hydroxylation is 1. The highest BCUT2D eigenvalue weighted by Gasteiger charge is 2.17. The molecular weight excluding hydrogens is 418 g/mol. The molecule has 0 saturated heterocycles. The summed E-state index contributed by atoms with van der Waals surface area (Å²) >= 11 is 3.37. The van der Waals surface area contributed by atoms with Crippen LogP contribution in [0.15, 0.2) is 68.9 Å². The van der Waals surface area contributed by atoms with E-state index in [9.17, 15) is 15.2 Å². The topological polar surface area (TPSA) is 78.4 Å². The van der Waals surface area contributed by atoms with Gasteiger partial charge in [-0.2, -0.15) is 5.26 Å². The minimum atomic E-state index is -0.491. The van der Waals surface area contributed by atoms with Crippen LogP contribution in [0.3, 0.4) is 0 Å². The number of hydrogen-bond acceptors (Lipinski definition) is 4. The van der Waals surface area contributed by atoms with Crippen LogP contribution in [0.2, 0.25) is 0 Å². The highest BCUT2D eigenvalue weighted by atomic mass is 79.9. The molecule has 0 saturated carbocycles. The molecule has 3 rings (SSSR count). The summed E-state index contributed by atoms with van der Waals surface area (Å²) in [5.74, 6) is -0.182. The lowest BCUT2D eigenvalue weighted by Crippen LogP contribution is -2.26. The van der Waals surface area contributed by atoms with Crippen molar-refractivity contribution < 1.29 is 5.11 Å². The van der Waals surface area contributed by atoms with Gasteiger partial charge in [0.2, 0.25) is 5.88 Å². The van der Waals surface area contributed by atoms with Crippen molar-refractivity contribution >= 4 is 27.8 Å². The fraction of sp³-hybridized carbons (Fsp3) is 0.136. The fourth-order valence-electron chi connectivity index (χ4n) is 2.88. The van der Waals surface area contributed by atoms with Crippen molar-refractivity contribution in [3.05, 3.63) is 91.7 Å². The van der Waals surface area contributed by atoms with Gasteiger partial charge in [0.05, 0.1) is 11.3 Å². The van der Waals surface area contributed by atoms with Crippen LogP contribution in [0.5, 0.6) is 5.88 Å². The molecule has 1 heterocycles. The van der Waals surface area contributed by atoms with Crippen molar-refractivity contribution in [2.75, 3.05) is 0 Å². The van der Waals surface area contributed by atoms with Gasteiger partial charge in [-0.25, -0.2) is 0 Å². The van der Waals surface area contributed by atoms with Crippen LogP contribution in [-0.2, 0) is 13.0 Å². The number of aromatic hydroxyl groups is 1. The van der Waals surface area contributed by atoms with E-state index in [1.54, 1.807) is 6.92 Å². The number of nitrogens with zero attached hydrogens (tertiary/aromatic N) is 3. The van der Waals surface area contributed by atoms with Gasteiger partial charge in [0.1, 0.15) is 11.6 Å². The second kappa shape index (κ2) is 8.68. The molecule has 0 aliphatic rings. The Kier molecular flexibility index (Phi) is 6.07. The Morgan fingerprint density at radius 3 is 2.50 bits per heavy atom. The number of aliphatic imine (C=N–C) groups is 1. The summed E-state index contributed by atoms with van der Waals surface area (Å²) in [7, 11) is 0. The molecule has 0 bridgehead atoms. The van der Waals surface area contributed by atoms with E-state index in [1.165, 1.54) is 10.8 Å². The van der Waals surface area contributed by atoms with Crippen molar-refractivity contribution in [1.29, 1.82) is 5.26 Å². The third-order valence-electron chi connectivity index (χ3n) is 4.48. The summed E-state index contributed by atoms with van der Waals surface area (Å²) in [5.41, 5.74) is 2.05. The molecule has 6 heteroatoms. The maximum absolute atomic E-state index is 12.7. The molecule has 0 fully saturated rings. The predicted molar refractivity (Wildman–Crippen MR) is 113 cm³/mol. The Morgan fingerprint density at radius 2 is 1.86 bits per heavy atom. The molecule has 1 aromatic heterocycles. The Hall–Kier alpha value is -3.17. The smallest absolute Gasteiger partial charge is 0.271 e. The van der Waals surface area contributed by atoms with Crippen LogP contribution in [0.25, 0.3) is 0 Å². The molecule has 0 amide bonds. The minimum Gasteiger partial charge on any atom is -0.494 e. The molecule has 0 unspecified atom stereocenters. The Morgan fingerprint density at radius 1 is 1.18 bits per heavy atom. The molecule has 0 aliphatic heterocycles. The maximum atomic E-state index is 12.7. The van der Waals surface area contributed by atoms with E-state index in [1.807, 2.05) is 60.7 Å². The zero-order valence-corrected chi connectivity index (χ0v) is 16.8. The van der Waals surface area contributed by atoms with Gasteiger partial charge in [-0.15, -0.1) is 0 Å². The van der Waals surface area contributed by atoms with Gasteiger partial charge < -0.3 is 5.11 Å². The predicted octanol–water partition coefficient (Wildman–Crippen LogP) is 4.49. The van der Waals surface area contributed by atoms with E-state index >= 15 is 0 Å². The SMILES string of the molecule is Cc1c(C=Nc2ccc(Br)cc2)c(O)n(CCc2ccccc2)c(=O)c1C#N. The molecule has 0 spiro atoms. The number of halogens is 1. The first-order valence-electron chi connectivity index (χ1n) is 8.71. The number of hydrogen-bond donors (Lipinski definition) is 1. The van der Waals surface area contributed by atoms with Crippen LogP contribution in [0, 0.1) is 18.3 Å². The van der Waals surface area contributed by atoms with Crippen molar-refractivity contribution in [3.8, 4) is 11.9 Å². The number of aromatic nitrogens is 1. The fourth-order valence-corrected chi connectivity index (χ4v) is 3.15. The minimum absolute atomic E-state index is 0.0168. The summed E-state index contributed by atoms with van der Waals surface area (Å²) in [6, 6.07) is 19.0. The highest BCUT2D eigenvalue weighted by Crippen LogP contribution is 2.22. The Balaban J connectivity index is 2.01. The number of nitriles is 1. The normalized spacial score (nSPS) is 10.9. The summed E-state index contributed by atoms with van der Waals surface area (Å²) < 4.78 is 2.17. The molecular formula is C22H18BrN3O2. The van der Waals surface area contributed by atoms with E-state index in [0.29, 0.717) is 23.2 Å². The van der Waals surface area contributed by atoms with E-state index in [-0.39, 0.29) is 18.0 Å². The zero-order chi connectivity index (χ0) is 20.1. The molecule has 0 atom stereocenters. The van der Waals surface area contributed by atoms with Crippen molar-refractivity contribution in [1.82, 2.24) is 4.57 Å². The van der Waals surface area contributed by atoms with Crippen LogP contribution in [-0.4, -0.2) is 15.9 Å². The second-order valence-corrected chi connectivity index (χ2v) is 7.19. The average Bonchev–Trinajstić information content (AvgIpc) is 2.70. The lowest BCUT2D eigenvalue weighted by atomic mass is 10.1. The number of pyridine rings is 1. The van der Waals surface area contributed by atoms with Crippen molar-refractivity contribution in [2.45, 2.75) is 19.9 Å². The zero-order valence-electron chi connectivity index (χ0n) is 15.3. The van der Waals surface area contributed by atoms with Crippen LogP contribution < -0.4 is 5.56 Å². The monoisotopic (exact) mass is 435 g/mol. The van der Waals surface area contributed by atoms with Crippen molar-refractivity contribution in [2.24, 2.45) is 4.99 Å². The molecule has 1 N–H and O–H groups in total. The van der Waals surface area contributed by atoms with Crippen LogP contribution >= 0.6 is 15.9 Å². The summed E-state index contributed by atoms with van der Waals surface area (Å²) in [4.78, 5) is 17.0. The Bertz CT molecular complexity index is 1110. The van der Waals surface area contributed by atoms with Crippen molar-refractivity contribution in [3.63, 3.8) is 0 Å². The van der Waals surface area contributed by atoms with E-state index in [4.69, 9.17) is 0 Å². The Labute approximate surface area is 171 Å². The second-order valence-electron chi connectivity index (χ2n) is 6.28. The van der Waals surface area contributed by atoms with Gasteiger partial charge in [-0.3, -0.25) is 14.4 Å². The van der Waals surface area contributed by atoms with Gasteiger partial charge in [0, 0.05) is 17.2 Å². The van der Waals surface area contributed by atoms with E-state index < -0.39 is 5.56 Å². The quantitative estimate of drug-likeness (QED) is 0.599. The largest absolute Gasteiger partial charge is 0.494 e. The first-order chi connectivity index (χ1) is 13.5. The third kappa shape index (κ3) is 4.21. The van der Waals surface area contributed by atoms with Gasteiger partial charge >= 0.3 is 0 Å². The molecule has 140 valence electrons. The first kappa shape index (κ1) is 19.6. The van der Waals surface area contributed by atoms with Gasteiger partial charge in [-0.05, 0) is 48.7 Å². The maximum Gasteiger partial charge on any atom is 0.271 e. The van der Waals surface area contributed by atoms with Gasteiger partial charge in [0.25, 0.3) is 5.56 Å². The molecule has 0 aliphatic carbocycles. The lowest BCUT2D eigenvalue weighted by Gasteiger charge is -2.14. The highest BCUT2D eigenvalue weighted by molar-refractivity contribution is 9.10. The lowest BCUT2D eigenvalue weighted by molar-refractivity contribution is 0.404. The van der Waals surface area contributed by atoms with E-state index in [2.05, 4.69) is 20.9 Å². The molecule has 3 aromatic rings. The molecule has 0 radical (unpaired) electrons. The molecule has 2 aromatic carbocycles. The number of rotatable bonds is 5. The van der Waals surface area contributed by atoms with Crippen LogP contribution in [0.1, 0.15) is 22.3 Å². The number of benzene rings is 2. The third-order valence-corrected chi connectivity index (χ3v) is 5.01. The van der Waals surface area contributed by atoms with Gasteiger partial charge in [0.15, 0.2) is 0 Å². The standard InChI is InChI=1S/C22H18BrN3O2/c1-15-19(13-24)21(27)26(12-11-16-5-3-2-4-6-16)22(28)20(15)14-25-18-9-7-17(23)8-10-18/h2-10,14,28H,11-12H2,1H3. The average molecular weight is 436 g/mol.